The van der Waals surface area contributed by atoms with Gasteiger partial charge in [-0.05, 0) is 18.6 Å². The molecule has 0 aliphatic carbocycles. The summed E-state index contributed by atoms with van der Waals surface area (Å²) in [6, 6.07) is 3.36. The van der Waals surface area contributed by atoms with E-state index >= 15 is 0 Å². The van der Waals surface area contributed by atoms with Gasteiger partial charge < -0.3 is 0 Å². The zero-order chi connectivity index (χ0) is 7.72. The van der Waals surface area contributed by atoms with Gasteiger partial charge in [0, 0.05) is 10.0 Å². The van der Waals surface area contributed by atoms with E-state index < -0.39 is 0 Å². The van der Waals surface area contributed by atoms with Crippen LogP contribution in [0.3, 0.4) is 0 Å². The topological polar surface area (TPSA) is 0 Å². The molecule has 0 aromatic heterocycles. The highest BCUT2D eigenvalue weighted by atomic mass is 35.5. The summed E-state index contributed by atoms with van der Waals surface area (Å²) in [5.41, 5.74) is 1.52. The van der Waals surface area contributed by atoms with Crippen molar-refractivity contribution in [2.75, 3.05) is 0 Å². The van der Waals surface area contributed by atoms with Gasteiger partial charge in [0.2, 0.25) is 0 Å². The predicted octanol–water partition coefficient (Wildman–Crippen LogP) is 2.10. The van der Waals surface area contributed by atoms with Gasteiger partial charge in [-0.1, -0.05) is 34.7 Å². The van der Waals surface area contributed by atoms with Crippen LogP contribution in [0.2, 0.25) is 10.0 Å². The Morgan fingerprint density at radius 1 is 1.30 bits per heavy atom. The van der Waals surface area contributed by atoms with Crippen LogP contribution >= 0.6 is 23.2 Å². The Morgan fingerprint density at radius 2 is 1.90 bits per heavy atom. The van der Waals surface area contributed by atoms with E-state index in [0.29, 0.717) is 15.5 Å². The van der Waals surface area contributed by atoms with Crippen molar-refractivity contribution >= 4 is 36.5 Å². The summed E-state index contributed by atoms with van der Waals surface area (Å²) in [5, 5.41) is 1.19. The Kier molecular flexibility index (Phi) is 2.27. The predicted molar refractivity (Wildman–Crippen MR) is 46.6 cm³/mol. The Balaban J connectivity index is 3.31. The highest BCUT2D eigenvalue weighted by Crippen LogP contribution is 2.17. The molecular formula is C7H5BCl2. The normalized spacial score (nSPS) is 9.90. The van der Waals surface area contributed by atoms with Crippen LogP contribution in [0.4, 0.5) is 0 Å². The quantitative estimate of drug-likeness (QED) is 0.524. The van der Waals surface area contributed by atoms with Gasteiger partial charge in [-0.2, -0.15) is 0 Å². The van der Waals surface area contributed by atoms with Gasteiger partial charge in [-0.15, -0.1) is 0 Å². The monoisotopic (exact) mass is 170 g/mol. The summed E-state index contributed by atoms with van der Waals surface area (Å²) in [6.07, 6.45) is 0. The SMILES string of the molecule is [B]c1cc(Cl)cc(Cl)c1C. The maximum absolute atomic E-state index is 5.75. The maximum Gasteiger partial charge on any atom is 0.114 e. The minimum atomic E-state index is 0.577. The van der Waals surface area contributed by atoms with Crippen LogP contribution in [0, 0.1) is 6.92 Å². The average Bonchev–Trinajstić information content (AvgIpc) is 1.82. The Morgan fingerprint density at radius 3 is 2.40 bits per heavy atom. The lowest BCUT2D eigenvalue weighted by atomic mass is 9.91. The van der Waals surface area contributed by atoms with Crippen molar-refractivity contribution in [3.8, 4) is 0 Å². The molecule has 0 amide bonds. The fourth-order valence-corrected chi connectivity index (χ4v) is 1.17. The molecule has 0 aliphatic rings. The summed E-state index contributed by atoms with van der Waals surface area (Å²) < 4.78 is 0. The molecule has 0 spiro atoms. The molecule has 0 heterocycles. The molecule has 0 N–H and O–H groups in total. The molecule has 0 atom stereocenters. The van der Waals surface area contributed by atoms with Gasteiger partial charge in [0.15, 0.2) is 0 Å². The summed E-state index contributed by atoms with van der Waals surface area (Å²) in [4.78, 5) is 0. The van der Waals surface area contributed by atoms with Gasteiger partial charge in [-0.25, -0.2) is 0 Å². The van der Waals surface area contributed by atoms with E-state index in [1.165, 1.54) is 0 Å². The average molecular weight is 171 g/mol. The van der Waals surface area contributed by atoms with Gasteiger partial charge in [0.25, 0.3) is 0 Å². The second-order valence-corrected chi connectivity index (χ2v) is 2.95. The molecule has 0 fully saturated rings. The Bertz CT molecular complexity index is 235. The summed E-state index contributed by atoms with van der Waals surface area (Å²) in [5.74, 6) is 0. The van der Waals surface area contributed by atoms with Crippen molar-refractivity contribution in [3.05, 3.63) is 27.7 Å². The van der Waals surface area contributed by atoms with E-state index in [-0.39, 0.29) is 0 Å². The second-order valence-electron chi connectivity index (χ2n) is 2.10. The van der Waals surface area contributed by atoms with E-state index in [1.807, 2.05) is 6.92 Å². The summed E-state index contributed by atoms with van der Waals surface area (Å²) >= 11 is 11.4. The van der Waals surface area contributed by atoms with E-state index in [9.17, 15) is 0 Å². The molecule has 0 bridgehead atoms. The van der Waals surface area contributed by atoms with E-state index in [2.05, 4.69) is 0 Å². The molecule has 10 heavy (non-hydrogen) atoms. The molecule has 0 saturated carbocycles. The van der Waals surface area contributed by atoms with Crippen LogP contribution in [0.5, 0.6) is 0 Å². The van der Waals surface area contributed by atoms with Crippen LogP contribution in [0.1, 0.15) is 5.56 Å². The molecule has 3 heteroatoms. The zero-order valence-electron chi connectivity index (χ0n) is 5.49. The third kappa shape index (κ3) is 1.47. The molecule has 0 aliphatic heterocycles. The van der Waals surface area contributed by atoms with E-state index in [0.717, 1.165) is 5.56 Å². The van der Waals surface area contributed by atoms with Crippen LogP contribution in [-0.2, 0) is 0 Å². The standard InChI is InChI=1S/C7H5BCl2/c1-4-6(8)2-5(9)3-7(4)10/h2-3H,1H3. The van der Waals surface area contributed by atoms with Crippen molar-refractivity contribution in [2.24, 2.45) is 0 Å². The number of hydrogen-bond acceptors (Lipinski definition) is 0. The molecule has 0 saturated heterocycles. The van der Waals surface area contributed by atoms with E-state index in [1.54, 1.807) is 12.1 Å². The Labute approximate surface area is 71.6 Å². The lowest BCUT2D eigenvalue weighted by Gasteiger charge is -2.02. The van der Waals surface area contributed by atoms with Crippen LogP contribution in [-0.4, -0.2) is 7.85 Å². The minimum absolute atomic E-state index is 0.577. The largest absolute Gasteiger partial charge is 0.114 e. The van der Waals surface area contributed by atoms with Crippen molar-refractivity contribution in [3.63, 3.8) is 0 Å². The highest BCUT2D eigenvalue weighted by Gasteiger charge is 1.98. The lowest BCUT2D eigenvalue weighted by molar-refractivity contribution is 1.52. The molecule has 1 rings (SSSR count). The first-order valence-corrected chi connectivity index (χ1v) is 3.58. The van der Waals surface area contributed by atoms with Crippen molar-refractivity contribution in [1.82, 2.24) is 0 Å². The molecule has 50 valence electrons. The first kappa shape index (κ1) is 7.97. The number of hydrogen-bond donors (Lipinski definition) is 0. The molecule has 2 radical (unpaired) electrons. The Hall–Kier alpha value is -0.135. The lowest BCUT2D eigenvalue weighted by Crippen LogP contribution is -2.06. The van der Waals surface area contributed by atoms with Crippen LogP contribution in [0.15, 0.2) is 12.1 Å². The minimum Gasteiger partial charge on any atom is -0.0909 e. The third-order valence-corrected chi connectivity index (χ3v) is 1.96. The molecule has 1 aromatic rings. The van der Waals surface area contributed by atoms with Gasteiger partial charge in [0.05, 0.1) is 0 Å². The van der Waals surface area contributed by atoms with Gasteiger partial charge in [-0.3, -0.25) is 0 Å². The summed E-state index contributed by atoms with van der Waals surface area (Å²) in [6.45, 7) is 1.86. The van der Waals surface area contributed by atoms with Crippen molar-refractivity contribution in [2.45, 2.75) is 6.92 Å². The first-order valence-electron chi connectivity index (χ1n) is 2.82. The number of halogens is 2. The molecule has 0 unspecified atom stereocenters. The number of rotatable bonds is 0. The smallest absolute Gasteiger partial charge is 0.0909 e. The van der Waals surface area contributed by atoms with Crippen LogP contribution in [0.25, 0.3) is 0 Å². The third-order valence-electron chi connectivity index (χ3n) is 1.35. The summed E-state index contributed by atoms with van der Waals surface area (Å²) in [7, 11) is 5.55. The molecule has 0 nitrogen and oxygen atoms in total. The fourth-order valence-electron chi connectivity index (χ4n) is 0.666. The second kappa shape index (κ2) is 2.85. The molecular weight excluding hydrogens is 166 g/mol. The highest BCUT2D eigenvalue weighted by molar-refractivity contribution is 6.40. The molecule has 1 aromatic carbocycles. The zero-order valence-corrected chi connectivity index (χ0v) is 7.00. The first-order chi connectivity index (χ1) is 4.61. The van der Waals surface area contributed by atoms with Gasteiger partial charge >= 0.3 is 0 Å². The number of benzene rings is 1. The maximum atomic E-state index is 5.75. The van der Waals surface area contributed by atoms with Crippen molar-refractivity contribution < 1.29 is 0 Å². The van der Waals surface area contributed by atoms with E-state index in [4.69, 9.17) is 31.0 Å². The fraction of sp³-hybridized carbons (Fsp3) is 0.143. The van der Waals surface area contributed by atoms with Crippen LogP contribution < -0.4 is 5.46 Å². The van der Waals surface area contributed by atoms with Crippen molar-refractivity contribution in [1.29, 1.82) is 0 Å². The van der Waals surface area contributed by atoms with Gasteiger partial charge in [0.1, 0.15) is 7.85 Å².